The van der Waals surface area contributed by atoms with Gasteiger partial charge in [-0.15, -0.1) is 0 Å². The van der Waals surface area contributed by atoms with Crippen LogP contribution in [-0.4, -0.2) is 75.5 Å². The first-order valence-corrected chi connectivity index (χ1v) is 12.2. The standard InChI is InChI=1S/C23H30N4O3S/c1-3-30-22-7-5-4-6-21(22)19-10-12-26(13-11-19)23-9-8-20(18-24-23)31(28,29)27-16-14-25(2)15-17-27/h4-10,18H,3,11-17H2,1-2H3. The topological polar surface area (TPSA) is 66.0 Å². The van der Waals surface area contributed by atoms with Crippen LogP contribution in [0.15, 0.2) is 53.6 Å². The van der Waals surface area contributed by atoms with Crippen LogP contribution in [0.5, 0.6) is 5.75 Å². The Labute approximate surface area is 185 Å². The van der Waals surface area contributed by atoms with E-state index in [-0.39, 0.29) is 4.90 Å². The highest BCUT2D eigenvalue weighted by atomic mass is 32.2. The molecule has 1 aromatic heterocycles. The predicted molar refractivity (Wildman–Crippen MR) is 123 cm³/mol. The highest BCUT2D eigenvalue weighted by Gasteiger charge is 2.28. The third kappa shape index (κ3) is 4.76. The molecule has 3 heterocycles. The molecule has 166 valence electrons. The number of ether oxygens (including phenoxy) is 1. The molecule has 0 aliphatic carbocycles. The number of hydrogen-bond acceptors (Lipinski definition) is 6. The molecule has 4 rings (SSSR count). The van der Waals surface area contributed by atoms with Gasteiger partial charge in [-0.1, -0.05) is 24.3 Å². The minimum atomic E-state index is -3.49. The summed E-state index contributed by atoms with van der Waals surface area (Å²) < 4.78 is 33.1. The monoisotopic (exact) mass is 442 g/mol. The van der Waals surface area contributed by atoms with Crippen LogP contribution in [-0.2, 0) is 10.0 Å². The molecule has 7 nitrogen and oxygen atoms in total. The zero-order chi connectivity index (χ0) is 21.8. The lowest BCUT2D eigenvalue weighted by atomic mass is 9.98. The third-order valence-corrected chi connectivity index (χ3v) is 7.77. The van der Waals surface area contributed by atoms with Crippen LogP contribution in [0.25, 0.3) is 5.57 Å². The van der Waals surface area contributed by atoms with E-state index in [9.17, 15) is 8.42 Å². The smallest absolute Gasteiger partial charge is 0.244 e. The minimum absolute atomic E-state index is 0.264. The molecular weight excluding hydrogens is 412 g/mol. The molecule has 1 saturated heterocycles. The van der Waals surface area contributed by atoms with E-state index in [1.807, 2.05) is 38.2 Å². The van der Waals surface area contributed by atoms with E-state index in [0.29, 0.717) is 19.7 Å². The molecular formula is C23H30N4O3S. The van der Waals surface area contributed by atoms with Crippen LogP contribution in [0.1, 0.15) is 18.9 Å². The molecule has 0 spiro atoms. The Balaban J connectivity index is 1.45. The van der Waals surface area contributed by atoms with E-state index in [1.165, 1.54) is 11.8 Å². The van der Waals surface area contributed by atoms with Gasteiger partial charge in [-0.05, 0) is 44.2 Å². The summed E-state index contributed by atoms with van der Waals surface area (Å²) in [5, 5.41) is 0. The Bertz CT molecular complexity index is 1030. The molecule has 0 unspecified atom stereocenters. The molecule has 1 aromatic carbocycles. The first-order chi connectivity index (χ1) is 15.0. The first kappa shape index (κ1) is 21.8. The Morgan fingerprint density at radius 1 is 1.03 bits per heavy atom. The maximum absolute atomic E-state index is 12.9. The number of benzene rings is 1. The van der Waals surface area contributed by atoms with Crippen LogP contribution >= 0.6 is 0 Å². The van der Waals surface area contributed by atoms with Crippen LogP contribution in [0, 0.1) is 0 Å². The maximum atomic E-state index is 12.9. The number of rotatable bonds is 6. The number of para-hydroxylation sites is 1. The number of hydrogen-bond donors (Lipinski definition) is 0. The Hall–Kier alpha value is -2.42. The molecule has 0 radical (unpaired) electrons. The van der Waals surface area contributed by atoms with Crippen LogP contribution < -0.4 is 9.64 Å². The lowest BCUT2D eigenvalue weighted by Gasteiger charge is -2.31. The molecule has 0 N–H and O–H groups in total. The number of likely N-dealkylation sites (N-methyl/N-ethyl adjacent to an activating group) is 1. The van der Waals surface area contributed by atoms with Gasteiger partial charge >= 0.3 is 0 Å². The van der Waals surface area contributed by atoms with Crippen molar-refractivity contribution >= 4 is 21.4 Å². The van der Waals surface area contributed by atoms with Gasteiger partial charge in [-0.2, -0.15) is 4.31 Å². The third-order valence-electron chi connectivity index (χ3n) is 5.89. The Morgan fingerprint density at radius 2 is 1.81 bits per heavy atom. The first-order valence-electron chi connectivity index (χ1n) is 10.8. The van der Waals surface area contributed by atoms with Gasteiger partial charge in [0.25, 0.3) is 0 Å². The van der Waals surface area contributed by atoms with Crippen molar-refractivity contribution in [1.29, 1.82) is 0 Å². The van der Waals surface area contributed by atoms with Crippen LogP contribution in [0.2, 0.25) is 0 Å². The van der Waals surface area contributed by atoms with Crippen LogP contribution in [0.4, 0.5) is 5.82 Å². The van der Waals surface area contributed by atoms with E-state index in [1.54, 1.807) is 10.4 Å². The highest BCUT2D eigenvalue weighted by molar-refractivity contribution is 7.89. The van der Waals surface area contributed by atoms with E-state index >= 15 is 0 Å². The van der Waals surface area contributed by atoms with E-state index in [0.717, 1.165) is 49.7 Å². The summed E-state index contributed by atoms with van der Waals surface area (Å²) in [5.41, 5.74) is 2.42. The molecule has 2 aromatic rings. The Kier molecular flexibility index (Phi) is 6.60. The molecule has 1 fully saturated rings. The molecule has 0 bridgehead atoms. The fraction of sp³-hybridized carbons (Fsp3) is 0.435. The maximum Gasteiger partial charge on any atom is 0.244 e. The molecule has 0 amide bonds. The SMILES string of the molecule is CCOc1ccccc1C1=CCN(c2ccc(S(=O)(=O)N3CCN(C)CC3)cn2)CC1. The van der Waals surface area contributed by atoms with Crippen molar-refractivity contribution in [3.63, 3.8) is 0 Å². The molecule has 0 atom stereocenters. The average Bonchev–Trinajstić information content (AvgIpc) is 2.80. The Morgan fingerprint density at radius 3 is 2.45 bits per heavy atom. The summed E-state index contributed by atoms with van der Waals surface area (Å²) in [6.45, 7) is 6.72. The van der Waals surface area contributed by atoms with Crippen molar-refractivity contribution in [3.8, 4) is 5.75 Å². The van der Waals surface area contributed by atoms with Crippen molar-refractivity contribution in [3.05, 3.63) is 54.2 Å². The zero-order valence-electron chi connectivity index (χ0n) is 18.2. The number of nitrogens with zero attached hydrogens (tertiary/aromatic N) is 4. The average molecular weight is 443 g/mol. The molecule has 31 heavy (non-hydrogen) atoms. The summed E-state index contributed by atoms with van der Waals surface area (Å²) in [6.07, 6.45) is 4.58. The second kappa shape index (κ2) is 9.38. The van der Waals surface area contributed by atoms with Crippen molar-refractivity contribution in [1.82, 2.24) is 14.2 Å². The van der Waals surface area contributed by atoms with E-state index < -0.39 is 10.0 Å². The van der Waals surface area contributed by atoms with Crippen LogP contribution in [0.3, 0.4) is 0 Å². The minimum Gasteiger partial charge on any atom is -0.493 e. The van der Waals surface area contributed by atoms with Gasteiger partial charge in [0.2, 0.25) is 10.0 Å². The number of pyridine rings is 1. The number of sulfonamides is 1. The summed E-state index contributed by atoms with van der Waals surface area (Å²) in [7, 11) is -1.48. The summed E-state index contributed by atoms with van der Waals surface area (Å²) in [4.78, 5) is 9.05. The molecule has 8 heteroatoms. The second-order valence-electron chi connectivity index (χ2n) is 7.91. The summed E-state index contributed by atoms with van der Waals surface area (Å²) in [5.74, 6) is 1.71. The largest absolute Gasteiger partial charge is 0.493 e. The zero-order valence-corrected chi connectivity index (χ0v) is 19.0. The van der Waals surface area contributed by atoms with Gasteiger partial charge in [0.15, 0.2) is 0 Å². The number of piperazine rings is 1. The van der Waals surface area contributed by atoms with E-state index in [2.05, 4.69) is 26.9 Å². The van der Waals surface area contributed by atoms with E-state index in [4.69, 9.17) is 4.74 Å². The summed E-state index contributed by atoms with van der Waals surface area (Å²) >= 11 is 0. The van der Waals surface area contributed by atoms with Crippen molar-refractivity contribution in [2.24, 2.45) is 0 Å². The second-order valence-corrected chi connectivity index (χ2v) is 9.85. The quantitative estimate of drug-likeness (QED) is 0.685. The normalized spacial score (nSPS) is 18.6. The number of aromatic nitrogens is 1. The van der Waals surface area contributed by atoms with Crippen molar-refractivity contribution in [2.75, 3.05) is 57.8 Å². The van der Waals surface area contributed by atoms with Crippen molar-refractivity contribution in [2.45, 2.75) is 18.2 Å². The number of anilines is 1. The lowest BCUT2D eigenvalue weighted by molar-refractivity contribution is 0.222. The molecule has 2 aliphatic heterocycles. The lowest BCUT2D eigenvalue weighted by Crippen LogP contribution is -2.47. The fourth-order valence-electron chi connectivity index (χ4n) is 4.02. The fourth-order valence-corrected chi connectivity index (χ4v) is 5.39. The van der Waals surface area contributed by atoms with Gasteiger partial charge in [-0.25, -0.2) is 13.4 Å². The van der Waals surface area contributed by atoms with Gasteiger partial charge in [0.05, 0.1) is 6.61 Å². The molecule has 2 aliphatic rings. The molecule has 0 saturated carbocycles. The van der Waals surface area contributed by atoms with Gasteiger partial charge < -0.3 is 14.5 Å². The predicted octanol–water partition coefficient (Wildman–Crippen LogP) is 2.71. The highest BCUT2D eigenvalue weighted by Crippen LogP contribution is 2.31. The van der Waals surface area contributed by atoms with Gasteiger partial charge in [0.1, 0.15) is 16.5 Å². The van der Waals surface area contributed by atoms with Crippen molar-refractivity contribution < 1.29 is 13.2 Å². The summed E-state index contributed by atoms with van der Waals surface area (Å²) in [6, 6.07) is 11.6. The van der Waals surface area contributed by atoms with Gasteiger partial charge in [-0.3, -0.25) is 0 Å². The van der Waals surface area contributed by atoms with Gasteiger partial charge in [0, 0.05) is 51.0 Å².